The normalized spacial score (nSPS) is 20.7. The standard InChI is InChI=1S/C18H24N2O4/c1-2-23-17(21)13-7-9-20(10-8-13)18(22)19-15-11-14-5-3-4-6-16(14)24-12-15/h3-6,13,15H,2,7-12H2,1H3,(H,19,22)/t15-/m1/s1. The first-order valence-corrected chi connectivity index (χ1v) is 8.60. The molecule has 0 bridgehead atoms. The molecule has 6 heteroatoms. The molecule has 0 aliphatic carbocycles. The van der Waals surface area contributed by atoms with E-state index in [1.807, 2.05) is 31.2 Å². The van der Waals surface area contributed by atoms with Crippen LogP contribution in [0.4, 0.5) is 4.79 Å². The van der Waals surface area contributed by atoms with Crippen molar-refractivity contribution in [2.24, 2.45) is 5.92 Å². The minimum Gasteiger partial charge on any atom is -0.491 e. The minimum atomic E-state index is -0.144. The highest BCUT2D eigenvalue weighted by Crippen LogP contribution is 2.24. The third kappa shape index (κ3) is 3.80. The topological polar surface area (TPSA) is 67.9 Å². The van der Waals surface area contributed by atoms with Crippen molar-refractivity contribution in [3.8, 4) is 5.75 Å². The lowest BCUT2D eigenvalue weighted by molar-refractivity contribution is -0.149. The molecule has 1 aromatic carbocycles. The first-order valence-electron chi connectivity index (χ1n) is 8.60. The summed E-state index contributed by atoms with van der Waals surface area (Å²) in [6, 6.07) is 7.81. The summed E-state index contributed by atoms with van der Waals surface area (Å²) in [6.45, 7) is 3.87. The molecule has 24 heavy (non-hydrogen) atoms. The Kier molecular flexibility index (Phi) is 5.23. The molecule has 6 nitrogen and oxygen atoms in total. The molecule has 3 rings (SSSR count). The van der Waals surface area contributed by atoms with Gasteiger partial charge >= 0.3 is 12.0 Å². The van der Waals surface area contributed by atoms with Crippen LogP contribution in [0.2, 0.25) is 0 Å². The van der Waals surface area contributed by atoms with Crippen LogP contribution in [0.25, 0.3) is 0 Å². The van der Waals surface area contributed by atoms with Crippen LogP contribution >= 0.6 is 0 Å². The number of carbonyl (C=O) groups excluding carboxylic acids is 2. The van der Waals surface area contributed by atoms with Crippen molar-refractivity contribution in [2.75, 3.05) is 26.3 Å². The van der Waals surface area contributed by atoms with Crippen molar-refractivity contribution in [1.82, 2.24) is 10.2 Å². The quantitative estimate of drug-likeness (QED) is 0.860. The van der Waals surface area contributed by atoms with E-state index in [0.717, 1.165) is 17.7 Å². The summed E-state index contributed by atoms with van der Waals surface area (Å²) in [6.07, 6.45) is 2.10. The van der Waals surface area contributed by atoms with Crippen LogP contribution in [0.1, 0.15) is 25.3 Å². The van der Waals surface area contributed by atoms with E-state index in [2.05, 4.69) is 5.32 Å². The fourth-order valence-electron chi connectivity index (χ4n) is 3.27. The largest absolute Gasteiger partial charge is 0.491 e. The van der Waals surface area contributed by atoms with Gasteiger partial charge in [0.25, 0.3) is 0 Å². The number of hydrogen-bond donors (Lipinski definition) is 1. The smallest absolute Gasteiger partial charge is 0.317 e. The first kappa shape index (κ1) is 16.6. The fourth-order valence-corrected chi connectivity index (χ4v) is 3.27. The van der Waals surface area contributed by atoms with Gasteiger partial charge in [-0.25, -0.2) is 4.79 Å². The summed E-state index contributed by atoms with van der Waals surface area (Å²) in [5.74, 6) is 0.673. The third-order valence-electron chi connectivity index (χ3n) is 4.61. The second-order valence-electron chi connectivity index (χ2n) is 6.28. The predicted octanol–water partition coefficient (Wildman–Crippen LogP) is 1.97. The maximum atomic E-state index is 12.4. The Bertz CT molecular complexity index is 596. The van der Waals surface area contributed by atoms with Gasteiger partial charge in [0, 0.05) is 13.1 Å². The number of piperidine rings is 1. The molecule has 1 N–H and O–H groups in total. The SMILES string of the molecule is CCOC(=O)C1CCN(C(=O)N[C@H]2COc3ccccc3C2)CC1. The zero-order chi connectivity index (χ0) is 16.9. The van der Waals surface area contributed by atoms with Gasteiger partial charge in [0.2, 0.25) is 0 Å². The van der Waals surface area contributed by atoms with Gasteiger partial charge in [-0.3, -0.25) is 4.79 Å². The third-order valence-corrected chi connectivity index (χ3v) is 4.61. The van der Waals surface area contributed by atoms with Gasteiger partial charge in [-0.2, -0.15) is 0 Å². The lowest BCUT2D eigenvalue weighted by atomic mass is 9.97. The van der Waals surface area contributed by atoms with E-state index in [9.17, 15) is 9.59 Å². The van der Waals surface area contributed by atoms with Crippen molar-refractivity contribution in [1.29, 1.82) is 0 Å². The average Bonchev–Trinajstić information content (AvgIpc) is 2.62. The van der Waals surface area contributed by atoms with E-state index in [4.69, 9.17) is 9.47 Å². The van der Waals surface area contributed by atoms with Crippen molar-refractivity contribution in [2.45, 2.75) is 32.2 Å². The fraction of sp³-hybridized carbons (Fsp3) is 0.556. The van der Waals surface area contributed by atoms with Crippen LogP contribution in [-0.4, -0.2) is 49.2 Å². The molecule has 0 saturated carbocycles. The predicted molar refractivity (Wildman–Crippen MR) is 88.9 cm³/mol. The Morgan fingerprint density at radius 3 is 2.79 bits per heavy atom. The molecule has 1 aromatic rings. The van der Waals surface area contributed by atoms with Crippen molar-refractivity contribution in [3.63, 3.8) is 0 Å². The van der Waals surface area contributed by atoms with Crippen LogP contribution in [0, 0.1) is 5.92 Å². The number of hydrogen-bond acceptors (Lipinski definition) is 4. The zero-order valence-corrected chi connectivity index (χ0v) is 14.0. The number of fused-ring (bicyclic) bond motifs is 1. The van der Waals surface area contributed by atoms with E-state index < -0.39 is 0 Å². The van der Waals surface area contributed by atoms with Gasteiger partial charge in [0.15, 0.2) is 0 Å². The number of ether oxygens (including phenoxy) is 2. The van der Waals surface area contributed by atoms with Gasteiger partial charge in [0.1, 0.15) is 12.4 Å². The van der Waals surface area contributed by atoms with E-state index >= 15 is 0 Å². The lowest BCUT2D eigenvalue weighted by Crippen LogP contribution is -2.51. The number of urea groups is 1. The maximum absolute atomic E-state index is 12.4. The van der Waals surface area contributed by atoms with Crippen molar-refractivity contribution >= 4 is 12.0 Å². The molecule has 2 amide bonds. The van der Waals surface area contributed by atoms with Crippen LogP contribution < -0.4 is 10.1 Å². The molecule has 0 radical (unpaired) electrons. The van der Waals surface area contributed by atoms with E-state index in [1.165, 1.54) is 0 Å². The van der Waals surface area contributed by atoms with Gasteiger partial charge in [0.05, 0.1) is 18.6 Å². The summed E-state index contributed by atoms with van der Waals surface area (Å²) in [5, 5.41) is 3.04. The molecule has 1 fully saturated rings. The van der Waals surface area contributed by atoms with Crippen molar-refractivity contribution < 1.29 is 19.1 Å². The molecular formula is C18H24N2O4. The van der Waals surface area contributed by atoms with Gasteiger partial charge in [-0.15, -0.1) is 0 Å². The summed E-state index contributed by atoms with van der Waals surface area (Å²) in [4.78, 5) is 25.9. The van der Waals surface area contributed by atoms with Gasteiger partial charge < -0.3 is 19.7 Å². The molecule has 130 valence electrons. The second-order valence-corrected chi connectivity index (χ2v) is 6.28. The number of benzene rings is 1. The lowest BCUT2D eigenvalue weighted by Gasteiger charge is -2.33. The number of carbonyl (C=O) groups is 2. The highest BCUT2D eigenvalue weighted by atomic mass is 16.5. The number of likely N-dealkylation sites (tertiary alicyclic amines) is 1. The Balaban J connectivity index is 1.48. The molecule has 0 aromatic heterocycles. The summed E-state index contributed by atoms with van der Waals surface area (Å²) >= 11 is 0. The molecular weight excluding hydrogens is 308 g/mol. The molecule has 1 saturated heterocycles. The molecule has 0 unspecified atom stereocenters. The molecule has 2 aliphatic rings. The molecule has 1 atom stereocenters. The summed E-state index contributed by atoms with van der Waals surface area (Å²) in [7, 11) is 0. The Morgan fingerprint density at radius 2 is 2.04 bits per heavy atom. The summed E-state index contributed by atoms with van der Waals surface area (Å²) in [5.41, 5.74) is 1.12. The van der Waals surface area contributed by atoms with Gasteiger partial charge in [-0.1, -0.05) is 18.2 Å². The number of rotatable bonds is 3. The molecule has 2 aliphatic heterocycles. The number of nitrogens with one attached hydrogen (secondary N) is 1. The Hall–Kier alpha value is -2.24. The van der Waals surface area contributed by atoms with Crippen LogP contribution in [0.3, 0.4) is 0 Å². The van der Waals surface area contributed by atoms with Crippen molar-refractivity contribution in [3.05, 3.63) is 29.8 Å². The number of para-hydroxylation sites is 1. The van der Waals surface area contributed by atoms with Crippen LogP contribution in [0.15, 0.2) is 24.3 Å². The Morgan fingerprint density at radius 1 is 1.29 bits per heavy atom. The maximum Gasteiger partial charge on any atom is 0.317 e. The first-order chi connectivity index (χ1) is 11.7. The average molecular weight is 332 g/mol. The molecule has 0 spiro atoms. The number of esters is 1. The number of amides is 2. The highest BCUT2D eigenvalue weighted by molar-refractivity contribution is 5.76. The van der Waals surface area contributed by atoms with E-state index in [0.29, 0.717) is 39.1 Å². The summed E-state index contributed by atoms with van der Waals surface area (Å²) < 4.78 is 10.8. The second kappa shape index (κ2) is 7.55. The van der Waals surface area contributed by atoms with Crippen LogP contribution in [0.5, 0.6) is 5.75 Å². The monoisotopic (exact) mass is 332 g/mol. The van der Waals surface area contributed by atoms with Crippen LogP contribution in [-0.2, 0) is 16.0 Å². The van der Waals surface area contributed by atoms with E-state index in [-0.39, 0.29) is 24.0 Å². The Labute approximate surface area is 142 Å². The van der Waals surface area contributed by atoms with Gasteiger partial charge in [-0.05, 0) is 37.8 Å². The number of nitrogens with zero attached hydrogens (tertiary/aromatic N) is 1. The highest BCUT2D eigenvalue weighted by Gasteiger charge is 2.29. The zero-order valence-electron chi connectivity index (χ0n) is 14.0. The minimum absolute atomic E-state index is 0.0184. The molecule has 2 heterocycles. The van der Waals surface area contributed by atoms with E-state index in [1.54, 1.807) is 4.90 Å².